The largest absolute Gasteiger partial charge is 0.384 e. The average molecular weight is 202 g/mol. The maximum Gasteiger partial charge on any atom is 0.103 e. The number of rotatable bonds is 2. The summed E-state index contributed by atoms with van der Waals surface area (Å²) in [5, 5.41) is 14.1. The molecule has 1 aromatic carbocycles. The van der Waals surface area contributed by atoms with Crippen LogP contribution in [0, 0.1) is 0 Å². The van der Waals surface area contributed by atoms with Gasteiger partial charge in [0.25, 0.3) is 0 Å². The Morgan fingerprint density at radius 1 is 1.13 bits per heavy atom. The molecule has 1 N–H and O–H groups in total. The molecular weight excluding hydrogens is 188 g/mol. The Hall–Kier alpha value is -1.61. The first-order valence-corrected chi connectivity index (χ1v) is 4.91. The summed E-state index contributed by atoms with van der Waals surface area (Å²) in [6.45, 7) is 3.45. The van der Waals surface area contributed by atoms with E-state index in [1.54, 1.807) is 18.5 Å². The summed E-state index contributed by atoms with van der Waals surface area (Å²) >= 11 is 0. The molecule has 2 rings (SSSR count). The van der Waals surface area contributed by atoms with Crippen LogP contribution in [0.2, 0.25) is 0 Å². The van der Waals surface area contributed by atoms with Crippen LogP contribution in [0.4, 0.5) is 0 Å². The van der Waals surface area contributed by atoms with Gasteiger partial charge in [-0.15, -0.1) is 0 Å². The maximum absolute atomic E-state index is 9.77. The van der Waals surface area contributed by atoms with Crippen molar-refractivity contribution < 1.29 is 5.11 Å². The lowest BCUT2D eigenvalue weighted by atomic mass is 10.1. The van der Waals surface area contributed by atoms with Crippen LogP contribution in [0.1, 0.15) is 19.5 Å². The van der Waals surface area contributed by atoms with Crippen molar-refractivity contribution in [2.24, 2.45) is 0 Å². The van der Waals surface area contributed by atoms with Crippen molar-refractivity contribution in [1.29, 1.82) is 0 Å². The first-order chi connectivity index (χ1) is 7.07. The molecule has 0 aliphatic rings. The third kappa shape index (κ3) is 2.07. The number of hydrogen-bond acceptors (Lipinski definition) is 2. The first-order valence-electron chi connectivity index (χ1n) is 4.91. The van der Waals surface area contributed by atoms with Gasteiger partial charge in [0.1, 0.15) is 5.60 Å². The second kappa shape index (κ2) is 3.51. The fourth-order valence-corrected chi connectivity index (χ4v) is 1.37. The molecule has 0 saturated carbocycles. The van der Waals surface area contributed by atoms with E-state index in [0.717, 1.165) is 5.69 Å². The van der Waals surface area contributed by atoms with Crippen molar-refractivity contribution in [2.75, 3.05) is 0 Å². The van der Waals surface area contributed by atoms with E-state index in [1.165, 1.54) is 0 Å². The van der Waals surface area contributed by atoms with Crippen molar-refractivity contribution in [2.45, 2.75) is 19.4 Å². The Morgan fingerprint density at radius 2 is 1.80 bits per heavy atom. The molecule has 0 aliphatic heterocycles. The number of benzene rings is 1. The summed E-state index contributed by atoms with van der Waals surface area (Å²) in [6, 6.07) is 11.7. The van der Waals surface area contributed by atoms with Gasteiger partial charge in [0, 0.05) is 6.20 Å². The number of aliphatic hydroxyl groups is 1. The Morgan fingerprint density at radius 3 is 2.33 bits per heavy atom. The van der Waals surface area contributed by atoms with Crippen LogP contribution in [0.5, 0.6) is 0 Å². The summed E-state index contributed by atoms with van der Waals surface area (Å²) in [7, 11) is 0. The third-order valence-corrected chi connectivity index (χ3v) is 2.24. The summed E-state index contributed by atoms with van der Waals surface area (Å²) in [6.07, 6.45) is 1.85. The Balaban J connectivity index is 2.37. The van der Waals surface area contributed by atoms with Crippen LogP contribution in [0.25, 0.3) is 5.69 Å². The minimum Gasteiger partial charge on any atom is -0.384 e. The van der Waals surface area contributed by atoms with Crippen molar-refractivity contribution in [1.82, 2.24) is 9.78 Å². The number of nitrogens with zero attached hydrogens (tertiary/aromatic N) is 2. The molecule has 0 saturated heterocycles. The molecule has 0 atom stereocenters. The normalized spacial score (nSPS) is 11.7. The van der Waals surface area contributed by atoms with Gasteiger partial charge in [0.15, 0.2) is 0 Å². The molecule has 0 fully saturated rings. The molecule has 0 radical (unpaired) electrons. The van der Waals surface area contributed by atoms with Crippen LogP contribution in [-0.2, 0) is 5.60 Å². The molecule has 1 aromatic heterocycles. The maximum atomic E-state index is 9.77. The molecule has 0 bridgehead atoms. The quantitative estimate of drug-likeness (QED) is 0.809. The summed E-state index contributed by atoms with van der Waals surface area (Å²) < 4.78 is 1.76. The van der Waals surface area contributed by atoms with E-state index in [-0.39, 0.29) is 0 Å². The van der Waals surface area contributed by atoms with Gasteiger partial charge >= 0.3 is 0 Å². The van der Waals surface area contributed by atoms with E-state index in [2.05, 4.69) is 5.10 Å². The smallest absolute Gasteiger partial charge is 0.103 e. The predicted molar refractivity (Wildman–Crippen MR) is 58.8 cm³/mol. The fraction of sp³-hybridized carbons (Fsp3) is 0.250. The van der Waals surface area contributed by atoms with Gasteiger partial charge in [0.05, 0.1) is 11.4 Å². The van der Waals surface area contributed by atoms with E-state index < -0.39 is 5.60 Å². The summed E-state index contributed by atoms with van der Waals surface area (Å²) in [5.74, 6) is 0. The monoisotopic (exact) mass is 202 g/mol. The Kier molecular flexibility index (Phi) is 2.32. The van der Waals surface area contributed by atoms with Crippen molar-refractivity contribution in [3.8, 4) is 5.69 Å². The zero-order valence-corrected chi connectivity index (χ0v) is 8.88. The van der Waals surface area contributed by atoms with Crippen LogP contribution >= 0.6 is 0 Å². The molecule has 78 valence electrons. The highest BCUT2D eigenvalue weighted by molar-refractivity contribution is 5.30. The highest BCUT2D eigenvalue weighted by atomic mass is 16.3. The van der Waals surface area contributed by atoms with Crippen molar-refractivity contribution >= 4 is 0 Å². The minimum atomic E-state index is -0.889. The van der Waals surface area contributed by atoms with Gasteiger partial charge in [-0.3, -0.25) is 0 Å². The van der Waals surface area contributed by atoms with E-state index in [0.29, 0.717) is 5.69 Å². The molecule has 2 aromatic rings. The second-order valence-corrected chi connectivity index (χ2v) is 4.04. The van der Waals surface area contributed by atoms with Gasteiger partial charge in [-0.25, -0.2) is 4.68 Å². The summed E-state index contributed by atoms with van der Waals surface area (Å²) in [4.78, 5) is 0. The highest BCUT2D eigenvalue weighted by Crippen LogP contribution is 2.18. The molecule has 3 heteroatoms. The van der Waals surface area contributed by atoms with Gasteiger partial charge in [-0.05, 0) is 32.0 Å². The molecule has 0 amide bonds. The second-order valence-electron chi connectivity index (χ2n) is 4.04. The van der Waals surface area contributed by atoms with Crippen molar-refractivity contribution in [3.05, 3.63) is 48.3 Å². The van der Waals surface area contributed by atoms with Gasteiger partial charge in [-0.2, -0.15) is 5.10 Å². The van der Waals surface area contributed by atoms with Crippen LogP contribution in [0.3, 0.4) is 0 Å². The predicted octanol–water partition coefficient (Wildman–Crippen LogP) is 2.10. The zero-order chi connectivity index (χ0) is 10.9. The van der Waals surface area contributed by atoms with Crippen LogP contribution < -0.4 is 0 Å². The molecule has 0 spiro atoms. The van der Waals surface area contributed by atoms with E-state index in [4.69, 9.17) is 0 Å². The van der Waals surface area contributed by atoms with Crippen molar-refractivity contribution in [3.63, 3.8) is 0 Å². The van der Waals surface area contributed by atoms with Crippen LogP contribution in [0.15, 0.2) is 42.6 Å². The lowest BCUT2D eigenvalue weighted by molar-refractivity contribution is 0.0734. The topological polar surface area (TPSA) is 38.0 Å². The van der Waals surface area contributed by atoms with Gasteiger partial charge < -0.3 is 5.11 Å². The van der Waals surface area contributed by atoms with Crippen LogP contribution in [-0.4, -0.2) is 14.9 Å². The Labute approximate surface area is 89.0 Å². The fourth-order valence-electron chi connectivity index (χ4n) is 1.37. The zero-order valence-electron chi connectivity index (χ0n) is 8.88. The molecule has 0 aliphatic carbocycles. The lowest BCUT2D eigenvalue weighted by Gasteiger charge is -2.13. The lowest BCUT2D eigenvalue weighted by Crippen LogP contribution is -2.16. The van der Waals surface area contributed by atoms with E-state index >= 15 is 0 Å². The molecular formula is C12H14N2O. The summed E-state index contributed by atoms with van der Waals surface area (Å²) in [5.41, 5.74) is 0.777. The van der Waals surface area contributed by atoms with E-state index in [9.17, 15) is 5.11 Å². The molecule has 15 heavy (non-hydrogen) atoms. The molecule has 0 unspecified atom stereocenters. The standard InChI is InChI=1S/C12H14N2O/c1-12(2,15)11-8-9-14(13-11)10-6-4-3-5-7-10/h3-9,15H,1-2H3. The molecule has 3 nitrogen and oxygen atoms in total. The number of para-hydroxylation sites is 1. The minimum absolute atomic E-state index is 0.673. The third-order valence-electron chi connectivity index (χ3n) is 2.24. The highest BCUT2D eigenvalue weighted by Gasteiger charge is 2.18. The number of aromatic nitrogens is 2. The Bertz CT molecular complexity index is 440. The van der Waals surface area contributed by atoms with Gasteiger partial charge in [0.2, 0.25) is 0 Å². The average Bonchev–Trinajstić information content (AvgIpc) is 2.67. The first kappa shape index (κ1) is 9.93. The number of hydrogen-bond donors (Lipinski definition) is 1. The van der Waals surface area contributed by atoms with E-state index in [1.807, 2.05) is 42.6 Å². The van der Waals surface area contributed by atoms with Gasteiger partial charge in [-0.1, -0.05) is 18.2 Å². The SMILES string of the molecule is CC(C)(O)c1ccn(-c2ccccc2)n1. The molecule has 1 heterocycles.